The summed E-state index contributed by atoms with van der Waals surface area (Å²) in [4.78, 5) is 5.41. The number of phenolic OH excluding ortho intramolecular Hbond substituents is 1. The van der Waals surface area contributed by atoms with Gasteiger partial charge in [0.25, 0.3) is 0 Å². The number of phenols is 1. The predicted molar refractivity (Wildman–Crippen MR) is 120 cm³/mol. The van der Waals surface area contributed by atoms with E-state index in [0.717, 1.165) is 21.6 Å². The summed E-state index contributed by atoms with van der Waals surface area (Å²) in [5, 5.41) is 16.9. The maximum Gasteiger partial charge on any atom is 0.206 e. The molecule has 3 aromatic rings. The summed E-state index contributed by atoms with van der Waals surface area (Å²) in [6.45, 7) is 10.6. The van der Waals surface area contributed by atoms with Crippen molar-refractivity contribution in [2.75, 3.05) is 13.7 Å². The highest BCUT2D eigenvalue weighted by molar-refractivity contribution is 7.07. The molecule has 29 heavy (non-hydrogen) atoms. The van der Waals surface area contributed by atoms with Crippen molar-refractivity contribution >= 4 is 17.6 Å². The molecule has 1 aromatic heterocycles. The molecule has 0 radical (unpaired) electrons. The number of aromatic nitrogens is 1. The van der Waals surface area contributed by atoms with Crippen LogP contribution in [0, 0.1) is 13.8 Å². The minimum Gasteiger partial charge on any atom is -0.507 e. The summed E-state index contributed by atoms with van der Waals surface area (Å²) in [5.41, 5.74) is 6.01. The number of nitrogens with zero attached hydrogens (tertiary/aromatic N) is 3. The molecule has 150 valence electrons. The average Bonchev–Trinajstić information content (AvgIpc) is 3.10. The lowest BCUT2D eigenvalue weighted by Crippen LogP contribution is -2.13. The first-order chi connectivity index (χ1) is 13.9. The third kappa shape index (κ3) is 4.84. The van der Waals surface area contributed by atoms with E-state index >= 15 is 0 Å². The molecule has 0 saturated carbocycles. The van der Waals surface area contributed by atoms with Crippen LogP contribution in [0.3, 0.4) is 0 Å². The van der Waals surface area contributed by atoms with Crippen molar-refractivity contribution in [3.05, 3.63) is 75.4 Å². The Morgan fingerprint density at radius 3 is 2.69 bits per heavy atom. The molecule has 2 aromatic carbocycles. The third-order valence-corrected chi connectivity index (χ3v) is 5.37. The molecule has 5 nitrogen and oxygen atoms in total. The number of hydrogen-bond donors (Lipinski definition) is 1. The van der Waals surface area contributed by atoms with Gasteiger partial charge in [-0.1, -0.05) is 24.3 Å². The fraction of sp³-hybridized carbons (Fsp3) is 0.217. The number of methoxy groups -OCH3 is 1. The Hall–Kier alpha value is -3.12. The van der Waals surface area contributed by atoms with Crippen molar-refractivity contribution in [2.45, 2.75) is 20.8 Å². The SMILES string of the molecule is C=C(C)CN=c1scc(-c2ccc(C)c(C)c2)n1N=Cc1cc(OC)ccc1O. The molecule has 0 saturated heterocycles. The summed E-state index contributed by atoms with van der Waals surface area (Å²) in [6, 6.07) is 11.4. The van der Waals surface area contributed by atoms with Crippen molar-refractivity contribution in [3.8, 4) is 22.8 Å². The number of aromatic hydroxyl groups is 1. The number of hydrogen-bond acceptors (Lipinski definition) is 5. The van der Waals surface area contributed by atoms with Gasteiger partial charge in [-0.3, -0.25) is 4.99 Å². The van der Waals surface area contributed by atoms with Gasteiger partial charge in [0.1, 0.15) is 11.5 Å². The van der Waals surface area contributed by atoms with E-state index < -0.39 is 0 Å². The van der Waals surface area contributed by atoms with Gasteiger partial charge in [-0.25, -0.2) is 4.68 Å². The summed E-state index contributed by atoms with van der Waals surface area (Å²) < 4.78 is 7.05. The van der Waals surface area contributed by atoms with Crippen LogP contribution in [-0.2, 0) is 0 Å². The van der Waals surface area contributed by atoms with Crippen LogP contribution in [0.25, 0.3) is 11.3 Å². The van der Waals surface area contributed by atoms with E-state index in [4.69, 9.17) is 4.74 Å². The molecule has 0 bridgehead atoms. The highest BCUT2D eigenvalue weighted by atomic mass is 32.1. The lowest BCUT2D eigenvalue weighted by Gasteiger charge is -2.07. The van der Waals surface area contributed by atoms with Crippen LogP contribution >= 0.6 is 11.3 Å². The standard InChI is InChI=1S/C23H25N3O2S/c1-15(2)12-24-23-26(25-13-19-11-20(28-5)8-9-22(19)27)21(14-29-23)18-7-6-16(3)17(4)10-18/h6-11,13-14,27H,1,12H2,2-5H3. The topological polar surface area (TPSA) is 59.1 Å². The second-order valence-electron chi connectivity index (χ2n) is 6.96. The molecule has 6 heteroatoms. The average molecular weight is 408 g/mol. The van der Waals surface area contributed by atoms with Crippen molar-refractivity contribution < 1.29 is 9.84 Å². The number of ether oxygens (including phenoxy) is 1. The van der Waals surface area contributed by atoms with Crippen LogP contribution in [0.15, 0.2) is 64.0 Å². The van der Waals surface area contributed by atoms with Crippen molar-refractivity contribution in [3.63, 3.8) is 0 Å². The zero-order valence-electron chi connectivity index (χ0n) is 17.1. The fourth-order valence-corrected chi connectivity index (χ4v) is 3.54. The molecular formula is C23H25N3O2S. The van der Waals surface area contributed by atoms with Gasteiger partial charge in [-0.15, -0.1) is 11.3 Å². The van der Waals surface area contributed by atoms with Gasteiger partial charge in [-0.05, 0) is 56.2 Å². The number of thiazole rings is 1. The van der Waals surface area contributed by atoms with Crippen LogP contribution in [0.2, 0.25) is 0 Å². The van der Waals surface area contributed by atoms with Crippen LogP contribution in [0.5, 0.6) is 11.5 Å². The minimum atomic E-state index is 0.138. The van der Waals surface area contributed by atoms with E-state index in [1.165, 1.54) is 22.5 Å². The van der Waals surface area contributed by atoms with E-state index in [9.17, 15) is 5.11 Å². The highest BCUT2D eigenvalue weighted by Gasteiger charge is 2.09. The predicted octanol–water partition coefficient (Wildman–Crippen LogP) is 4.91. The molecule has 1 heterocycles. The lowest BCUT2D eigenvalue weighted by atomic mass is 10.1. The minimum absolute atomic E-state index is 0.138. The largest absolute Gasteiger partial charge is 0.507 e. The molecule has 3 rings (SSSR count). The van der Waals surface area contributed by atoms with Gasteiger partial charge in [-0.2, -0.15) is 5.10 Å². The number of benzene rings is 2. The molecule has 1 N–H and O–H groups in total. The molecule has 0 amide bonds. The van der Waals surface area contributed by atoms with Crippen LogP contribution in [0.1, 0.15) is 23.6 Å². The zero-order chi connectivity index (χ0) is 21.0. The first-order valence-corrected chi connectivity index (χ1v) is 10.1. The Morgan fingerprint density at radius 1 is 1.21 bits per heavy atom. The van der Waals surface area contributed by atoms with Crippen molar-refractivity contribution in [2.24, 2.45) is 10.1 Å². The Labute approximate surface area is 175 Å². The Bertz CT molecular complexity index is 1140. The molecule has 0 fully saturated rings. The molecule has 0 unspecified atom stereocenters. The fourth-order valence-electron chi connectivity index (χ4n) is 2.70. The van der Waals surface area contributed by atoms with Crippen LogP contribution in [0.4, 0.5) is 0 Å². The summed E-state index contributed by atoms with van der Waals surface area (Å²) in [5.74, 6) is 0.791. The van der Waals surface area contributed by atoms with Gasteiger partial charge in [0, 0.05) is 16.5 Å². The molecule has 0 spiro atoms. The van der Waals surface area contributed by atoms with Crippen LogP contribution in [-0.4, -0.2) is 29.7 Å². The number of aryl methyl sites for hydroxylation is 2. The summed E-state index contributed by atoms with van der Waals surface area (Å²) in [6.07, 6.45) is 1.62. The van der Waals surface area contributed by atoms with E-state index in [-0.39, 0.29) is 5.75 Å². The quantitative estimate of drug-likeness (QED) is 0.466. The Morgan fingerprint density at radius 2 is 2.00 bits per heavy atom. The zero-order valence-corrected chi connectivity index (χ0v) is 18.0. The van der Waals surface area contributed by atoms with Gasteiger partial charge in [0.2, 0.25) is 4.80 Å². The van der Waals surface area contributed by atoms with Gasteiger partial charge >= 0.3 is 0 Å². The third-order valence-electron chi connectivity index (χ3n) is 4.52. The van der Waals surface area contributed by atoms with E-state index in [2.05, 4.69) is 48.7 Å². The van der Waals surface area contributed by atoms with E-state index in [1.54, 1.807) is 36.2 Å². The normalized spacial score (nSPS) is 11.9. The van der Waals surface area contributed by atoms with Gasteiger partial charge in [0.15, 0.2) is 0 Å². The molecule has 0 aliphatic carbocycles. The molecular weight excluding hydrogens is 382 g/mol. The van der Waals surface area contributed by atoms with E-state index in [1.807, 2.05) is 12.3 Å². The van der Waals surface area contributed by atoms with Crippen LogP contribution < -0.4 is 9.54 Å². The summed E-state index contributed by atoms with van der Waals surface area (Å²) >= 11 is 1.52. The van der Waals surface area contributed by atoms with Gasteiger partial charge in [0.05, 0.1) is 25.6 Å². The maximum absolute atomic E-state index is 10.2. The molecule has 0 aliphatic heterocycles. The smallest absolute Gasteiger partial charge is 0.206 e. The first-order valence-electron chi connectivity index (χ1n) is 9.23. The second kappa shape index (κ2) is 8.92. The van der Waals surface area contributed by atoms with Crippen molar-refractivity contribution in [1.82, 2.24) is 4.68 Å². The maximum atomic E-state index is 10.2. The molecule has 0 atom stereocenters. The highest BCUT2D eigenvalue weighted by Crippen LogP contribution is 2.24. The summed E-state index contributed by atoms with van der Waals surface area (Å²) in [7, 11) is 1.59. The monoisotopic (exact) mass is 407 g/mol. The van der Waals surface area contributed by atoms with E-state index in [0.29, 0.717) is 17.9 Å². The Kier molecular flexibility index (Phi) is 6.34. The van der Waals surface area contributed by atoms with Crippen molar-refractivity contribution in [1.29, 1.82) is 0 Å². The number of rotatable bonds is 6. The Balaban J connectivity index is 2.12. The first kappa shape index (κ1) is 20.6. The molecule has 0 aliphatic rings. The van der Waals surface area contributed by atoms with Gasteiger partial charge < -0.3 is 9.84 Å². The second-order valence-corrected chi connectivity index (χ2v) is 7.79. The lowest BCUT2D eigenvalue weighted by molar-refractivity contribution is 0.412.